The Morgan fingerprint density at radius 1 is 1.45 bits per heavy atom. The summed E-state index contributed by atoms with van der Waals surface area (Å²) < 4.78 is 6.65. The number of ether oxygens (including phenoxy) is 1. The number of rotatable bonds is 4. The van der Waals surface area contributed by atoms with Crippen LogP contribution < -0.4 is 4.90 Å². The van der Waals surface area contributed by atoms with Crippen LogP contribution in [0.15, 0.2) is 28.9 Å². The SMILES string of the molecule is OCCOC1CCCN(c2ccnc3c(Cl)cc(Br)cc23)C1. The maximum absolute atomic E-state index is 8.92. The van der Waals surface area contributed by atoms with Crippen molar-refractivity contribution >= 4 is 44.1 Å². The third-order valence-corrected chi connectivity index (χ3v) is 4.65. The summed E-state index contributed by atoms with van der Waals surface area (Å²) in [5.41, 5.74) is 1.95. The highest BCUT2D eigenvalue weighted by atomic mass is 79.9. The molecule has 1 saturated heterocycles. The first-order chi connectivity index (χ1) is 10.7. The molecule has 2 aromatic rings. The second kappa shape index (κ2) is 7.13. The number of aromatic nitrogens is 1. The first-order valence-corrected chi connectivity index (χ1v) is 8.57. The van der Waals surface area contributed by atoms with Gasteiger partial charge >= 0.3 is 0 Å². The molecule has 0 bridgehead atoms. The van der Waals surface area contributed by atoms with Gasteiger partial charge in [0.2, 0.25) is 0 Å². The topological polar surface area (TPSA) is 45.6 Å². The number of hydrogen-bond donors (Lipinski definition) is 1. The lowest BCUT2D eigenvalue weighted by atomic mass is 10.1. The van der Waals surface area contributed by atoms with Crippen LogP contribution in [0.5, 0.6) is 0 Å². The van der Waals surface area contributed by atoms with Gasteiger partial charge in [0.15, 0.2) is 0 Å². The van der Waals surface area contributed by atoms with E-state index in [1.54, 1.807) is 6.20 Å². The molecule has 22 heavy (non-hydrogen) atoms. The summed E-state index contributed by atoms with van der Waals surface area (Å²) in [5.74, 6) is 0. The summed E-state index contributed by atoms with van der Waals surface area (Å²) in [6.45, 7) is 2.27. The molecule has 1 fully saturated rings. The molecule has 1 aromatic carbocycles. The predicted molar refractivity (Wildman–Crippen MR) is 92.7 cm³/mol. The first-order valence-electron chi connectivity index (χ1n) is 7.40. The van der Waals surface area contributed by atoms with Gasteiger partial charge in [-0.15, -0.1) is 0 Å². The molecule has 4 nitrogen and oxygen atoms in total. The van der Waals surface area contributed by atoms with Gasteiger partial charge in [-0.25, -0.2) is 0 Å². The quantitative estimate of drug-likeness (QED) is 0.873. The van der Waals surface area contributed by atoms with E-state index in [1.807, 2.05) is 12.1 Å². The highest BCUT2D eigenvalue weighted by molar-refractivity contribution is 9.10. The number of hydrogen-bond acceptors (Lipinski definition) is 4. The lowest BCUT2D eigenvalue weighted by Gasteiger charge is -2.34. The smallest absolute Gasteiger partial charge is 0.0909 e. The predicted octanol–water partition coefficient (Wildman–Crippen LogP) is 3.63. The summed E-state index contributed by atoms with van der Waals surface area (Å²) in [6, 6.07) is 5.95. The average Bonchev–Trinajstić information content (AvgIpc) is 2.52. The molecule has 1 atom stereocenters. The zero-order valence-electron chi connectivity index (χ0n) is 12.1. The third-order valence-electron chi connectivity index (χ3n) is 3.90. The molecular formula is C16H18BrClN2O2. The fraction of sp³-hybridized carbons (Fsp3) is 0.438. The molecule has 1 N–H and O–H groups in total. The number of benzene rings is 1. The fourth-order valence-corrected chi connectivity index (χ4v) is 3.81. The number of aliphatic hydroxyl groups is 1. The van der Waals surface area contributed by atoms with E-state index in [4.69, 9.17) is 21.4 Å². The number of piperidine rings is 1. The maximum Gasteiger partial charge on any atom is 0.0909 e. The lowest BCUT2D eigenvalue weighted by molar-refractivity contribution is 0.0215. The van der Waals surface area contributed by atoms with Gasteiger partial charge in [0.25, 0.3) is 0 Å². The van der Waals surface area contributed by atoms with Crippen LogP contribution in [0.25, 0.3) is 10.9 Å². The third kappa shape index (κ3) is 3.38. The number of fused-ring (bicyclic) bond motifs is 1. The normalized spacial score (nSPS) is 18.9. The van der Waals surface area contributed by atoms with Crippen molar-refractivity contribution in [2.24, 2.45) is 0 Å². The maximum atomic E-state index is 8.92. The number of aliphatic hydroxyl groups excluding tert-OH is 1. The second-order valence-corrected chi connectivity index (χ2v) is 6.74. The van der Waals surface area contributed by atoms with Crippen molar-refractivity contribution < 1.29 is 9.84 Å². The Kier molecular flexibility index (Phi) is 5.18. The molecule has 2 heterocycles. The highest BCUT2D eigenvalue weighted by Crippen LogP contribution is 2.34. The zero-order valence-corrected chi connectivity index (χ0v) is 14.5. The van der Waals surface area contributed by atoms with Crippen LogP contribution in [0.4, 0.5) is 5.69 Å². The molecule has 118 valence electrons. The van der Waals surface area contributed by atoms with Crippen LogP contribution in [0.3, 0.4) is 0 Å². The van der Waals surface area contributed by atoms with Gasteiger partial charge in [-0.05, 0) is 31.0 Å². The number of pyridine rings is 1. The average molecular weight is 386 g/mol. The molecule has 1 aliphatic rings. The van der Waals surface area contributed by atoms with Crippen LogP contribution >= 0.6 is 27.5 Å². The van der Waals surface area contributed by atoms with Crippen molar-refractivity contribution in [3.05, 3.63) is 33.9 Å². The summed E-state index contributed by atoms with van der Waals surface area (Å²) in [5, 5.41) is 10.6. The van der Waals surface area contributed by atoms with Crippen molar-refractivity contribution in [2.45, 2.75) is 18.9 Å². The van der Waals surface area contributed by atoms with Crippen LogP contribution in [0, 0.1) is 0 Å². The van der Waals surface area contributed by atoms with Crippen LogP contribution in [0.1, 0.15) is 12.8 Å². The van der Waals surface area contributed by atoms with E-state index in [0.29, 0.717) is 11.6 Å². The molecule has 0 spiro atoms. The van der Waals surface area contributed by atoms with E-state index in [0.717, 1.165) is 47.0 Å². The highest BCUT2D eigenvalue weighted by Gasteiger charge is 2.22. The molecule has 0 saturated carbocycles. The van der Waals surface area contributed by atoms with Crippen molar-refractivity contribution in [2.75, 3.05) is 31.2 Å². The summed E-state index contributed by atoms with van der Waals surface area (Å²) in [7, 11) is 0. The Bertz CT molecular complexity index is 668. The molecule has 0 aliphatic carbocycles. The minimum Gasteiger partial charge on any atom is -0.394 e. The molecular weight excluding hydrogens is 368 g/mol. The van der Waals surface area contributed by atoms with E-state index in [-0.39, 0.29) is 12.7 Å². The lowest BCUT2D eigenvalue weighted by Crippen LogP contribution is -2.40. The molecule has 1 unspecified atom stereocenters. The van der Waals surface area contributed by atoms with Gasteiger partial charge in [0, 0.05) is 34.8 Å². The molecule has 0 amide bonds. The largest absolute Gasteiger partial charge is 0.394 e. The Hall–Kier alpha value is -0.880. The Morgan fingerprint density at radius 2 is 2.32 bits per heavy atom. The van der Waals surface area contributed by atoms with Gasteiger partial charge in [-0.3, -0.25) is 4.98 Å². The van der Waals surface area contributed by atoms with E-state index in [2.05, 4.69) is 31.9 Å². The first kappa shape index (κ1) is 16.0. The Labute approximate surface area is 143 Å². The molecule has 6 heteroatoms. The van der Waals surface area contributed by atoms with E-state index < -0.39 is 0 Å². The number of anilines is 1. The Morgan fingerprint density at radius 3 is 3.14 bits per heavy atom. The second-order valence-electron chi connectivity index (χ2n) is 5.42. The van der Waals surface area contributed by atoms with Crippen molar-refractivity contribution in [3.63, 3.8) is 0 Å². The van der Waals surface area contributed by atoms with Crippen LogP contribution in [0.2, 0.25) is 5.02 Å². The van der Waals surface area contributed by atoms with E-state index in [1.165, 1.54) is 0 Å². The van der Waals surface area contributed by atoms with Gasteiger partial charge in [0.1, 0.15) is 0 Å². The molecule has 1 aliphatic heterocycles. The van der Waals surface area contributed by atoms with E-state index in [9.17, 15) is 0 Å². The Balaban J connectivity index is 1.92. The molecule has 3 rings (SSSR count). The standard InChI is InChI=1S/C16H18BrClN2O2/c17-11-8-13-15(3-4-19-16(13)14(18)9-11)20-5-1-2-12(10-20)22-7-6-21/h3-4,8-9,12,21H,1-2,5-7,10H2. The van der Waals surface area contributed by atoms with Crippen molar-refractivity contribution in [3.8, 4) is 0 Å². The van der Waals surface area contributed by atoms with Crippen molar-refractivity contribution in [1.82, 2.24) is 4.98 Å². The van der Waals surface area contributed by atoms with Crippen molar-refractivity contribution in [1.29, 1.82) is 0 Å². The van der Waals surface area contributed by atoms with Gasteiger partial charge < -0.3 is 14.7 Å². The summed E-state index contributed by atoms with van der Waals surface area (Å²) in [6.07, 6.45) is 4.06. The zero-order chi connectivity index (χ0) is 15.5. The van der Waals surface area contributed by atoms with E-state index >= 15 is 0 Å². The van der Waals surface area contributed by atoms with Gasteiger partial charge in [-0.2, -0.15) is 0 Å². The van der Waals surface area contributed by atoms with Crippen LogP contribution in [-0.2, 0) is 4.74 Å². The van der Waals surface area contributed by atoms with Gasteiger partial charge in [-0.1, -0.05) is 27.5 Å². The van der Waals surface area contributed by atoms with Gasteiger partial charge in [0.05, 0.1) is 29.9 Å². The summed E-state index contributed by atoms with van der Waals surface area (Å²) >= 11 is 9.81. The van der Waals surface area contributed by atoms with Crippen LogP contribution in [-0.4, -0.2) is 42.5 Å². The number of nitrogens with zero attached hydrogens (tertiary/aromatic N) is 2. The number of halogens is 2. The summed E-state index contributed by atoms with van der Waals surface area (Å²) in [4.78, 5) is 6.72. The fourth-order valence-electron chi connectivity index (χ4n) is 2.95. The monoisotopic (exact) mass is 384 g/mol. The minimum atomic E-state index is 0.0667. The minimum absolute atomic E-state index is 0.0667. The molecule has 1 aromatic heterocycles. The molecule has 0 radical (unpaired) electrons.